The van der Waals surface area contributed by atoms with Crippen LogP contribution in [-0.4, -0.2) is 35.1 Å². The zero-order valence-electron chi connectivity index (χ0n) is 20.0. The van der Waals surface area contributed by atoms with Gasteiger partial charge in [0.05, 0.1) is 16.0 Å². The van der Waals surface area contributed by atoms with Crippen LogP contribution in [0.3, 0.4) is 0 Å². The van der Waals surface area contributed by atoms with Crippen LogP contribution in [-0.2, 0) is 16.2 Å². The number of nitrogens with zero attached hydrogens (tertiary/aromatic N) is 1. The summed E-state index contributed by atoms with van der Waals surface area (Å²) in [6.07, 6.45) is 1.56. The van der Waals surface area contributed by atoms with Crippen molar-refractivity contribution in [2.45, 2.75) is 13.5 Å². The molecule has 0 bridgehead atoms. The lowest BCUT2D eigenvalue weighted by molar-refractivity contribution is -0.127. The number of ether oxygens (including phenoxy) is 2. The first-order valence-corrected chi connectivity index (χ1v) is 14.1. The van der Waals surface area contributed by atoms with E-state index in [9.17, 15) is 18.8 Å². The minimum atomic E-state index is -0.616. The Kier molecular flexibility index (Phi) is 9.44. The van der Waals surface area contributed by atoms with Crippen molar-refractivity contribution in [1.29, 1.82) is 0 Å². The van der Waals surface area contributed by atoms with Crippen LogP contribution in [0.5, 0.6) is 11.5 Å². The maximum atomic E-state index is 13.4. The predicted molar refractivity (Wildman–Crippen MR) is 157 cm³/mol. The zero-order valence-corrected chi connectivity index (χ0v) is 24.6. The van der Waals surface area contributed by atoms with Gasteiger partial charge in [-0.25, -0.2) is 4.39 Å². The molecule has 11 heteroatoms. The number of nitrogens with one attached hydrogen (secondary N) is 1. The van der Waals surface area contributed by atoms with Crippen molar-refractivity contribution >= 4 is 79.1 Å². The Morgan fingerprint density at radius 1 is 1.13 bits per heavy atom. The van der Waals surface area contributed by atoms with Crippen molar-refractivity contribution in [2.24, 2.45) is 0 Å². The zero-order chi connectivity index (χ0) is 27.2. The van der Waals surface area contributed by atoms with Crippen LogP contribution in [0.25, 0.3) is 6.08 Å². The Hall–Kier alpha value is -2.90. The molecule has 3 aromatic rings. The molecule has 1 aliphatic heterocycles. The lowest BCUT2D eigenvalue weighted by Crippen LogP contribution is -2.36. The highest BCUT2D eigenvalue weighted by atomic mass is 127. The fraction of sp³-hybridized carbons (Fsp3) is 0.148. The van der Waals surface area contributed by atoms with Crippen LogP contribution in [0.1, 0.15) is 18.1 Å². The molecule has 0 radical (unpaired) electrons. The summed E-state index contributed by atoms with van der Waals surface area (Å²) in [5, 5.41) is 1.91. The van der Waals surface area contributed by atoms with Crippen molar-refractivity contribution in [3.05, 3.63) is 90.6 Å². The third-order valence-corrected chi connectivity index (χ3v) is 7.43. The lowest BCUT2D eigenvalue weighted by Gasteiger charge is -2.15. The first-order chi connectivity index (χ1) is 18.2. The van der Waals surface area contributed by atoms with Gasteiger partial charge in [0.25, 0.3) is 11.1 Å². The van der Waals surface area contributed by atoms with Crippen LogP contribution in [0, 0.1) is 9.39 Å². The Morgan fingerprint density at radius 2 is 1.89 bits per heavy atom. The van der Waals surface area contributed by atoms with Gasteiger partial charge in [0.15, 0.2) is 11.5 Å². The number of amides is 3. The maximum absolute atomic E-state index is 13.4. The molecule has 0 saturated carbocycles. The highest BCUT2D eigenvalue weighted by Crippen LogP contribution is 2.39. The van der Waals surface area contributed by atoms with Gasteiger partial charge < -0.3 is 14.8 Å². The molecule has 0 aromatic heterocycles. The SMILES string of the molecule is CCOc1cc(/C=C2/SC(=O)N(CC(=O)Nc3cccc(F)c3)C2=O)cc(Br)c1OCc1ccc(I)cc1. The van der Waals surface area contributed by atoms with Crippen molar-refractivity contribution in [3.8, 4) is 11.5 Å². The van der Waals surface area contributed by atoms with Crippen LogP contribution in [0.4, 0.5) is 14.9 Å². The topological polar surface area (TPSA) is 84.9 Å². The van der Waals surface area contributed by atoms with E-state index >= 15 is 0 Å². The van der Waals surface area contributed by atoms with Crippen molar-refractivity contribution < 1.29 is 28.2 Å². The highest BCUT2D eigenvalue weighted by molar-refractivity contribution is 14.1. The Bertz CT molecular complexity index is 1420. The molecule has 1 aliphatic rings. The molecule has 0 unspecified atom stereocenters. The second-order valence-corrected chi connectivity index (χ2v) is 11.1. The number of halogens is 3. The number of hydrogen-bond acceptors (Lipinski definition) is 6. The minimum Gasteiger partial charge on any atom is -0.490 e. The highest BCUT2D eigenvalue weighted by Gasteiger charge is 2.36. The summed E-state index contributed by atoms with van der Waals surface area (Å²) >= 11 is 6.50. The molecule has 0 atom stereocenters. The lowest BCUT2D eigenvalue weighted by atomic mass is 10.1. The van der Waals surface area contributed by atoms with Gasteiger partial charge in [0.1, 0.15) is 19.0 Å². The van der Waals surface area contributed by atoms with Gasteiger partial charge in [-0.2, -0.15) is 0 Å². The van der Waals surface area contributed by atoms with Gasteiger partial charge >= 0.3 is 0 Å². The second kappa shape index (κ2) is 12.8. The standard InChI is InChI=1S/C27H21BrFIN2O5S/c1-2-36-22-11-17(10-21(28)25(22)37-15-16-6-8-19(30)9-7-16)12-23-26(34)32(27(35)38-23)14-24(33)31-20-5-3-4-18(29)13-20/h3-13H,2,14-15H2,1H3,(H,31,33)/b23-12+. The van der Waals surface area contributed by atoms with E-state index in [2.05, 4.69) is 43.8 Å². The van der Waals surface area contributed by atoms with Crippen molar-refractivity contribution in [2.75, 3.05) is 18.5 Å². The molecule has 1 saturated heterocycles. The van der Waals surface area contributed by atoms with E-state index in [4.69, 9.17) is 9.47 Å². The summed E-state index contributed by atoms with van der Waals surface area (Å²) in [4.78, 5) is 38.8. The molecule has 0 spiro atoms. The first kappa shape index (κ1) is 28.1. The number of carbonyl (C=O) groups excluding carboxylic acids is 3. The summed E-state index contributed by atoms with van der Waals surface area (Å²) in [6, 6.07) is 16.8. The van der Waals surface area contributed by atoms with Crippen molar-refractivity contribution in [3.63, 3.8) is 0 Å². The van der Waals surface area contributed by atoms with E-state index < -0.39 is 29.4 Å². The van der Waals surface area contributed by atoms with Gasteiger partial charge in [-0.1, -0.05) is 18.2 Å². The molecule has 1 N–H and O–H groups in total. The average Bonchev–Trinajstić information content (AvgIpc) is 3.12. The Morgan fingerprint density at radius 3 is 2.61 bits per heavy atom. The summed E-state index contributed by atoms with van der Waals surface area (Å²) < 4.78 is 26.9. The number of thioether (sulfide) groups is 1. The number of carbonyl (C=O) groups is 3. The maximum Gasteiger partial charge on any atom is 0.294 e. The van der Waals surface area contributed by atoms with Gasteiger partial charge in [0, 0.05) is 9.26 Å². The van der Waals surface area contributed by atoms with Gasteiger partial charge in [-0.15, -0.1) is 0 Å². The average molecular weight is 711 g/mol. The van der Waals surface area contributed by atoms with Crippen LogP contribution < -0.4 is 14.8 Å². The number of anilines is 1. The summed E-state index contributed by atoms with van der Waals surface area (Å²) in [7, 11) is 0. The molecular weight excluding hydrogens is 690 g/mol. The van der Waals surface area contributed by atoms with Crippen LogP contribution in [0.2, 0.25) is 0 Å². The van der Waals surface area contributed by atoms with Gasteiger partial charge in [0.2, 0.25) is 5.91 Å². The molecule has 1 fully saturated rings. The summed E-state index contributed by atoms with van der Waals surface area (Å²) in [6.45, 7) is 2.10. The largest absolute Gasteiger partial charge is 0.490 e. The smallest absolute Gasteiger partial charge is 0.294 e. The van der Waals surface area contributed by atoms with Crippen molar-refractivity contribution in [1.82, 2.24) is 4.90 Å². The number of imide groups is 1. The molecule has 3 aromatic carbocycles. The molecule has 1 heterocycles. The molecule has 4 rings (SSSR count). The fourth-order valence-electron chi connectivity index (χ4n) is 3.51. The van der Waals surface area contributed by atoms with E-state index in [1.165, 1.54) is 18.2 Å². The van der Waals surface area contributed by atoms with E-state index in [0.29, 0.717) is 34.7 Å². The predicted octanol–water partition coefficient (Wildman–Crippen LogP) is 6.85. The van der Waals surface area contributed by atoms with E-state index in [1.807, 2.05) is 31.2 Å². The summed E-state index contributed by atoms with van der Waals surface area (Å²) in [5.74, 6) is -0.726. The van der Waals surface area contributed by atoms with E-state index in [0.717, 1.165) is 31.9 Å². The fourth-order valence-corrected chi connectivity index (χ4v) is 5.28. The second-order valence-electron chi connectivity index (χ2n) is 8.00. The molecule has 38 heavy (non-hydrogen) atoms. The third kappa shape index (κ3) is 7.14. The first-order valence-electron chi connectivity index (χ1n) is 11.4. The van der Waals surface area contributed by atoms with Gasteiger partial charge in [-0.3, -0.25) is 19.3 Å². The third-order valence-electron chi connectivity index (χ3n) is 5.21. The number of rotatable bonds is 9. The van der Waals surface area contributed by atoms with E-state index in [-0.39, 0.29) is 10.6 Å². The van der Waals surface area contributed by atoms with Crippen LogP contribution >= 0.6 is 50.3 Å². The normalized spacial score (nSPS) is 14.2. The Labute approximate surface area is 245 Å². The molecule has 7 nitrogen and oxygen atoms in total. The molecule has 3 amide bonds. The quantitative estimate of drug-likeness (QED) is 0.193. The number of benzene rings is 3. The van der Waals surface area contributed by atoms with E-state index in [1.54, 1.807) is 18.2 Å². The molecule has 0 aliphatic carbocycles. The monoisotopic (exact) mass is 710 g/mol. The minimum absolute atomic E-state index is 0.162. The summed E-state index contributed by atoms with van der Waals surface area (Å²) in [5.41, 5.74) is 1.84. The van der Waals surface area contributed by atoms with Crippen LogP contribution in [0.15, 0.2) is 70.0 Å². The molecular formula is C27H21BrFIN2O5S. The van der Waals surface area contributed by atoms with Gasteiger partial charge in [-0.05, 0) is 117 Å². The number of hydrogen-bond donors (Lipinski definition) is 1. The Balaban J connectivity index is 1.48. The molecule has 196 valence electrons.